The summed E-state index contributed by atoms with van der Waals surface area (Å²) in [6, 6.07) is 13.7. The van der Waals surface area contributed by atoms with Gasteiger partial charge in [0.1, 0.15) is 0 Å². The molecule has 0 aliphatic carbocycles. The summed E-state index contributed by atoms with van der Waals surface area (Å²) in [5.41, 5.74) is 1.63. The van der Waals surface area contributed by atoms with Gasteiger partial charge in [0.05, 0.1) is 16.8 Å². The van der Waals surface area contributed by atoms with Gasteiger partial charge in [-0.2, -0.15) is 0 Å². The number of hydrogen-bond acceptors (Lipinski definition) is 3. The average Bonchev–Trinajstić information content (AvgIpc) is 2.68. The molecule has 3 N–H and O–H groups in total. The molecule has 0 aliphatic rings. The van der Waals surface area contributed by atoms with Crippen LogP contribution in [0.15, 0.2) is 48.5 Å². The van der Waals surface area contributed by atoms with Crippen LogP contribution in [0.25, 0.3) is 0 Å². The Labute approximate surface area is 160 Å². The minimum absolute atomic E-state index is 0.0726. The first-order chi connectivity index (χ1) is 13.1. The molecule has 0 spiro atoms. The normalized spacial score (nSPS) is 10.4. The van der Waals surface area contributed by atoms with Crippen LogP contribution in [0.5, 0.6) is 0 Å². The summed E-state index contributed by atoms with van der Waals surface area (Å²) in [6.45, 7) is 3.01. The Morgan fingerprint density at radius 1 is 0.815 bits per heavy atom. The number of para-hydroxylation sites is 2. The number of anilines is 2. The summed E-state index contributed by atoms with van der Waals surface area (Å²) in [5.74, 6) is -1.39. The third-order valence-electron chi connectivity index (χ3n) is 4.42. The van der Waals surface area contributed by atoms with Gasteiger partial charge in [0, 0.05) is 12.2 Å². The number of hydrogen-bond donors (Lipinski definition) is 3. The quantitative estimate of drug-likeness (QED) is 0.463. The highest BCUT2D eigenvalue weighted by molar-refractivity contribution is 6.10. The number of carboxylic acid groups (broad SMARTS) is 1. The number of carboxylic acids is 1. The molecule has 0 radical (unpaired) electrons. The molecule has 0 heterocycles. The van der Waals surface area contributed by atoms with Crippen molar-refractivity contribution in [3.63, 3.8) is 0 Å². The highest BCUT2D eigenvalue weighted by Gasteiger charge is 2.15. The standard InChI is InChI=1S/C22H28N2O3/c1-2-3-4-5-6-11-16-23-19-14-9-7-12-17(19)21(25)24-20-15-10-8-13-18(20)22(26)27/h7-10,12-15,23H,2-6,11,16H2,1H3,(H,24,25)(H,26,27). The summed E-state index contributed by atoms with van der Waals surface area (Å²) in [7, 11) is 0. The van der Waals surface area contributed by atoms with E-state index in [0.717, 1.165) is 18.7 Å². The largest absolute Gasteiger partial charge is 0.478 e. The molecule has 27 heavy (non-hydrogen) atoms. The van der Waals surface area contributed by atoms with Gasteiger partial charge in [0.25, 0.3) is 5.91 Å². The van der Waals surface area contributed by atoms with Crippen LogP contribution in [0.4, 0.5) is 11.4 Å². The fourth-order valence-corrected chi connectivity index (χ4v) is 2.93. The Balaban J connectivity index is 1.96. The first-order valence-electron chi connectivity index (χ1n) is 9.60. The van der Waals surface area contributed by atoms with E-state index in [0.29, 0.717) is 11.3 Å². The lowest BCUT2D eigenvalue weighted by atomic mass is 10.1. The van der Waals surface area contributed by atoms with E-state index in [1.54, 1.807) is 30.3 Å². The second-order valence-corrected chi connectivity index (χ2v) is 6.54. The Kier molecular flexibility index (Phi) is 8.36. The fourth-order valence-electron chi connectivity index (χ4n) is 2.93. The lowest BCUT2D eigenvalue weighted by Crippen LogP contribution is -2.17. The molecule has 5 heteroatoms. The van der Waals surface area contributed by atoms with Crippen LogP contribution in [0, 0.1) is 0 Å². The number of aromatic carboxylic acids is 1. The van der Waals surface area contributed by atoms with Crippen molar-refractivity contribution in [1.82, 2.24) is 0 Å². The zero-order chi connectivity index (χ0) is 19.5. The highest BCUT2D eigenvalue weighted by atomic mass is 16.4. The zero-order valence-corrected chi connectivity index (χ0v) is 15.8. The van der Waals surface area contributed by atoms with E-state index >= 15 is 0 Å². The summed E-state index contributed by atoms with van der Waals surface area (Å²) >= 11 is 0. The van der Waals surface area contributed by atoms with Crippen LogP contribution in [-0.4, -0.2) is 23.5 Å². The Morgan fingerprint density at radius 2 is 1.41 bits per heavy atom. The van der Waals surface area contributed by atoms with Crippen LogP contribution in [0.2, 0.25) is 0 Å². The van der Waals surface area contributed by atoms with Crippen molar-refractivity contribution >= 4 is 23.3 Å². The maximum Gasteiger partial charge on any atom is 0.337 e. The number of carbonyl (C=O) groups is 2. The van der Waals surface area contributed by atoms with E-state index in [1.165, 1.54) is 38.2 Å². The van der Waals surface area contributed by atoms with Gasteiger partial charge in [-0.3, -0.25) is 4.79 Å². The molecule has 0 unspecified atom stereocenters. The minimum atomic E-state index is -1.07. The molecule has 0 fully saturated rings. The number of nitrogens with one attached hydrogen (secondary N) is 2. The monoisotopic (exact) mass is 368 g/mol. The third kappa shape index (κ3) is 6.44. The number of rotatable bonds is 11. The summed E-state index contributed by atoms with van der Waals surface area (Å²) in [5, 5.41) is 15.3. The second-order valence-electron chi connectivity index (χ2n) is 6.54. The third-order valence-corrected chi connectivity index (χ3v) is 4.42. The van der Waals surface area contributed by atoms with Crippen LogP contribution >= 0.6 is 0 Å². The van der Waals surface area contributed by atoms with E-state index in [-0.39, 0.29) is 11.5 Å². The zero-order valence-electron chi connectivity index (χ0n) is 15.8. The van der Waals surface area contributed by atoms with Gasteiger partial charge in [-0.15, -0.1) is 0 Å². The van der Waals surface area contributed by atoms with Crippen molar-refractivity contribution in [2.45, 2.75) is 45.4 Å². The van der Waals surface area contributed by atoms with Crippen molar-refractivity contribution in [3.8, 4) is 0 Å². The average molecular weight is 368 g/mol. The molecule has 2 aromatic rings. The highest BCUT2D eigenvalue weighted by Crippen LogP contribution is 2.20. The van der Waals surface area contributed by atoms with E-state index in [4.69, 9.17) is 0 Å². The topological polar surface area (TPSA) is 78.4 Å². The fraction of sp³-hybridized carbons (Fsp3) is 0.364. The van der Waals surface area contributed by atoms with Gasteiger partial charge in [-0.1, -0.05) is 63.3 Å². The van der Waals surface area contributed by atoms with Crippen LogP contribution in [0.1, 0.15) is 66.2 Å². The predicted molar refractivity (Wildman–Crippen MR) is 110 cm³/mol. The molecule has 0 bridgehead atoms. The first kappa shape index (κ1) is 20.5. The van der Waals surface area contributed by atoms with Crippen molar-refractivity contribution < 1.29 is 14.7 Å². The van der Waals surface area contributed by atoms with Crippen molar-refractivity contribution in [2.24, 2.45) is 0 Å². The molecule has 0 atom stereocenters. The van der Waals surface area contributed by atoms with Gasteiger partial charge in [0.15, 0.2) is 0 Å². The van der Waals surface area contributed by atoms with Gasteiger partial charge >= 0.3 is 5.97 Å². The number of amides is 1. The van der Waals surface area contributed by atoms with E-state index in [2.05, 4.69) is 17.6 Å². The summed E-state index contributed by atoms with van der Waals surface area (Å²) < 4.78 is 0. The second kappa shape index (κ2) is 11.0. The summed E-state index contributed by atoms with van der Waals surface area (Å²) in [6.07, 6.45) is 7.27. The molecule has 2 rings (SSSR count). The van der Waals surface area contributed by atoms with Crippen molar-refractivity contribution in [2.75, 3.05) is 17.2 Å². The van der Waals surface area contributed by atoms with Crippen LogP contribution < -0.4 is 10.6 Å². The minimum Gasteiger partial charge on any atom is -0.478 e. The number of unbranched alkanes of at least 4 members (excludes halogenated alkanes) is 5. The molecule has 5 nitrogen and oxygen atoms in total. The molecular weight excluding hydrogens is 340 g/mol. The molecule has 0 saturated carbocycles. The Hall–Kier alpha value is -2.82. The maximum atomic E-state index is 12.7. The maximum absolute atomic E-state index is 12.7. The first-order valence-corrected chi connectivity index (χ1v) is 9.60. The van der Waals surface area contributed by atoms with Gasteiger partial charge < -0.3 is 15.7 Å². The molecular formula is C22H28N2O3. The van der Waals surface area contributed by atoms with Gasteiger partial charge in [-0.25, -0.2) is 4.79 Å². The van der Waals surface area contributed by atoms with E-state index in [1.807, 2.05) is 12.1 Å². The molecule has 144 valence electrons. The molecule has 0 aromatic heterocycles. The SMILES string of the molecule is CCCCCCCCNc1ccccc1C(=O)Nc1ccccc1C(=O)O. The number of benzene rings is 2. The number of carbonyl (C=O) groups excluding carboxylic acids is 1. The molecule has 0 saturated heterocycles. The van der Waals surface area contributed by atoms with E-state index < -0.39 is 5.97 Å². The molecule has 0 aliphatic heterocycles. The lowest BCUT2D eigenvalue weighted by molar-refractivity contribution is 0.0698. The Morgan fingerprint density at radius 3 is 2.11 bits per heavy atom. The van der Waals surface area contributed by atoms with Crippen molar-refractivity contribution in [1.29, 1.82) is 0 Å². The van der Waals surface area contributed by atoms with E-state index in [9.17, 15) is 14.7 Å². The predicted octanol–water partition coefficient (Wildman–Crippen LogP) is 5.41. The Bertz CT molecular complexity index is 759. The van der Waals surface area contributed by atoms with Crippen LogP contribution in [-0.2, 0) is 0 Å². The van der Waals surface area contributed by atoms with Gasteiger partial charge in [-0.05, 0) is 30.7 Å². The van der Waals surface area contributed by atoms with Crippen molar-refractivity contribution in [3.05, 3.63) is 59.7 Å². The molecule has 2 aromatic carbocycles. The van der Waals surface area contributed by atoms with Gasteiger partial charge in [0.2, 0.25) is 0 Å². The smallest absolute Gasteiger partial charge is 0.337 e. The molecule has 1 amide bonds. The lowest BCUT2D eigenvalue weighted by Gasteiger charge is -2.13. The summed E-state index contributed by atoms with van der Waals surface area (Å²) in [4.78, 5) is 24.0. The van der Waals surface area contributed by atoms with Crippen LogP contribution in [0.3, 0.4) is 0 Å².